The zero-order valence-electron chi connectivity index (χ0n) is 11.7. The van der Waals surface area contributed by atoms with Crippen LogP contribution in [-0.2, 0) is 19.0 Å². The molecule has 1 atom stereocenters. The van der Waals surface area contributed by atoms with Crippen LogP contribution in [0.4, 0.5) is 0 Å². The van der Waals surface area contributed by atoms with Gasteiger partial charge in [0.15, 0.2) is 6.29 Å². The van der Waals surface area contributed by atoms with Crippen LogP contribution in [0.3, 0.4) is 0 Å². The van der Waals surface area contributed by atoms with Gasteiger partial charge in [-0.15, -0.1) is 0 Å². The summed E-state index contributed by atoms with van der Waals surface area (Å²) in [5.41, 5.74) is 0. The van der Waals surface area contributed by atoms with Gasteiger partial charge in [0.05, 0.1) is 7.11 Å². The second kappa shape index (κ2) is 9.42. The lowest BCUT2D eigenvalue weighted by Crippen LogP contribution is -2.34. The first-order chi connectivity index (χ1) is 8.06. The van der Waals surface area contributed by atoms with Gasteiger partial charge in [-0.2, -0.15) is 0 Å². The lowest BCUT2D eigenvalue weighted by atomic mass is 9.97. The minimum atomic E-state index is -0.490. The highest BCUT2D eigenvalue weighted by molar-refractivity contribution is 5.72. The second-order valence-electron chi connectivity index (χ2n) is 4.38. The van der Waals surface area contributed by atoms with Crippen molar-refractivity contribution in [2.75, 3.05) is 20.3 Å². The molecule has 0 aliphatic carbocycles. The molecule has 17 heavy (non-hydrogen) atoms. The molecule has 0 heterocycles. The molecule has 0 aliphatic heterocycles. The molecule has 0 aromatic rings. The van der Waals surface area contributed by atoms with Crippen LogP contribution < -0.4 is 0 Å². The zero-order chi connectivity index (χ0) is 13.3. The van der Waals surface area contributed by atoms with Crippen molar-refractivity contribution < 1.29 is 19.0 Å². The number of hydrogen-bond acceptors (Lipinski definition) is 4. The topological polar surface area (TPSA) is 44.8 Å². The van der Waals surface area contributed by atoms with Crippen LogP contribution in [0.2, 0.25) is 0 Å². The maximum Gasteiger partial charge on any atom is 0.313 e. The zero-order valence-corrected chi connectivity index (χ0v) is 11.7. The van der Waals surface area contributed by atoms with E-state index in [9.17, 15) is 4.79 Å². The van der Waals surface area contributed by atoms with E-state index in [0.717, 1.165) is 12.8 Å². The van der Waals surface area contributed by atoms with Crippen molar-refractivity contribution in [1.29, 1.82) is 0 Å². The summed E-state index contributed by atoms with van der Waals surface area (Å²) >= 11 is 0. The van der Waals surface area contributed by atoms with Crippen molar-refractivity contribution in [2.24, 2.45) is 11.8 Å². The highest BCUT2D eigenvalue weighted by atomic mass is 16.7. The molecule has 4 nitrogen and oxygen atoms in total. The van der Waals surface area contributed by atoms with Crippen LogP contribution in [0.1, 0.15) is 40.5 Å². The summed E-state index contributed by atoms with van der Waals surface area (Å²) in [5.74, 6) is -0.0362. The van der Waals surface area contributed by atoms with Gasteiger partial charge in [-0.25, -0.2) is 0 Å². The number of rotatable bonds is 9. The molecule has 0 fully saturated rings. The van der Waals surface area contributed by atoms with E-state index in [2.05, 4.69) is 13.8 Å². The minimum absolute atomic E-state index is 0.252. The van der Waals surface area contributed by atoms with Crippen LogP contribution in [0, 0.1) is 11.8 Å². The number of esters is 1. The monoisotopic (exact) mass is 246 g/mol. The maximum atomic E-state index is 11.7. The molecular weight excluding hydrogens is 220 g/mol. The molecular formula is C13H26O4. The van der Waals surface area contributed by atoms with Gasteiger partial charge in [-0.1, -0.05) is 13.8 Å². The third-order valence-corrected chi connectivity index (χ3v) is 2.55. The quantitative estimate of drug-likeness (QED) is 0.463. The Kier molecular flexibility index (Phi) is 9.09. The first-order valence-corrected chi connectivity index (χ1v) is 6.37. The smallest absolute Gasteiger partial charge is 0.313 e. The van der Waals surface area contributed by atoms with Crippen molar-refractivity contribution in [3.8, 4) is 0 Å². The summed E-state index contributed by atoms with van der Waals surface area (Å²) in [4.78, 5) is 11.7. The summed E-state index contributed by atoms with van der Waals surface area (Å²) in [6.07, 6.45) is 1.20. The van der Waals surface area contributed by atoms with E-state index in [-0.39, 0.29) is 11.9 Å². The molecule has 102 valence electrons. The SMILES string of the molecule is CCOC(OCC)C(CCC(C)C)C(=O)OC. The largest absolute Gasteiger partial charge is 0.469 e. The van der Waals surface area contributed by atoms with Crippen molar-refractivity contribution in [1.82, 2.24) is 0 Å². The van der Waals surface area contributed by atoms with Gasteiger partial charge in [-0.05, 0) is 32.6 Å². The van der Waals surface area contributed by atoms with Crippen LogP contribution >= 0.6 is 0 Å². The number of hydrogen-bond donors (Lipinski definition) is 0. The maximum absolute atomic E-state index is 11.7. The Morgan fingerprint density at radius 1 is 1.06 bits per heavy atom. The summed E-state index contributed by atoms with van der Waals surface area (Å²) in [7, 11) is 1.40. The summed E-state index contributed by atoms with van der Waals surface area (Å²) in [6.45, 7) is 9.10. The first-order valence-electron chi connectivity index (χ1n) is 6.37. The normalized spacial score (nSPS) is 13.1. The van der Waals surface area contributed by atoms with E-state index in [4.69, 9.17) is 14.2 Å². The highest BCUT2D eigenvalue weighted by Crippen LogP contribution is 2.20. The van der Waals surface area contributed by atoms with Gasteiger partial charge in [0.2, 0.25) is 0 Å². The van der Waals surface area contributed by atoms with E-state index in [1.54, 1.807) is 0 Å². The Hall–Kier alpha value is -0.610. The number of methoxy groups -OCH3 is 1. The highest BCUT2D eigenvalue weighted by Gasteiger charge is 2.30. The van der Waals surface area contributed by atoms with Crippen molar-refractivity contribution in [2.45, 2.75) is 46.8 Å². The molecule has 0 bridgehead atoms. The first kappa shape index (κ1) is 16.4. The van der Waals surface area contributed by atoms with Crippen LogP contribution in [0.25, 0.3) is 0 Å². The molecule has 0 saturated heterocycles. The molecule has 0 aliphatic rings. The molecule has 0 radical (unpaired) electrons. The summed E-state index contributed by atoms with van der Waals surface area (Å²) in [6, 6.07) is 0. The Morgan fingerprint density at radius 3 is 1.94 bits per heavy atom. The number of carbonyl (C=O) groups excluding carboxylic acids is 1. The third kappa shape index (κ3) is 6.64. The van der Waals surface area contributed by atoms with Gasteiger partial charge in [0, 0.05) is 13.2 Å². The fraction of sp³-hybridized carbons (Fsp3) is 0.923. The molecule has 4 heteroatoms. The Labute approximate surface area is 105 Å². The van der Waals surface area contributed by atoms with E-state index < -0.39 is 6.29 Å². The van der Waals surface area contributed by atoms with Gasteiger partial charge >= 0.3 is 5.97 Å². The van der Waals surface area contributed by atoms with Crippen molar-refractivity contribution >= 4 is 5.97 Å². The van der Waals surface area contributed by atoms with Gasteiger partial charge in [0.25, 0.3) is 0 Å². The van der Waals surface area contributed by atoms with Gasteiger partial charge in [0.1, 0.15) is 5.92 Å². The predicted molar refractivity (Wildman–Crippen MR) is 66.6 cm³/mol. The van der Waals surface area contributed by atoms with E-state index in [1.807, 2.05) is 13.8 Å². The number of ether oxygens (including phenoxy) is 3. The molecule has 0 N–H and O–H groups in total. The Morgan fingerprint density at radius 2 is 1.59 bits per heavy atom. The molecule has 0 amide bonds. The van der Waals surface area contributed by atoms with E-state index >= 15 is 0 Å². The van der Waals surface area contributed by atoms with Crippen LogP contribution in [-0.4, -0.2) is 32.6 Å². The van der Waals surface area contributed by atoms with E-state index in [0.29, 0.717) is 19.1 Å². The average Bonchev–Trinajstić information content (AvgIpc) is 2.29. The lowest BCUT2D eigenvalue weighted by molar-refractivity contribution is -0.189. The minimum Gasteiger partial charge on any atom is -0.469 e. The van der Waals surface area contributed by atoms with Crippen molar-refractivity contribution in [3.05, 3.63) is 0 Å². The average molecular weight is 246 g/mol. The van der Waals surface area contributed by atoms with Crippen molar-refractivity contribution in [3.63, 3.8) is 0 Å². The Bertz CT molecular complexity index is 198. The lowest BCUT2D eigenvalue weighted by Gasteiger charge is -2.25. The van der Waals surface area contributed by atoms with Gasteiger partial charge < -0.3 is 14.2 Å². The molecule has 0 spiro atoms. The molecule has 0 aromatic heterocycles. The fourth-order valence-corrected chi connectivity index (χ4v) is 1.64. The summed E-state index contributed by atoms with van der Waals surface area (Å²) in [5, 5.41) is 0. The van der Waals surface area contributed by atoms with Crippen LogP contribution in [0.5, 0.6) is 0 Å². The van der Waals surface area contributed by atoms with E-state index in [1.165, 1.54) is 7.11 Å². The molecule has 0 aromatic carbocycles. The predicted octanol–water partition coefficient (Wildman–Crippen LogP) is 2.61. The third-order valence-electron chi connectivity index (χ3n) is 2.55. The fourth-order valence-electron chi connectivity index (χ4n) is 1.64. The standard InChI is InChI=1S/C13H26O4/c1-6-16-13(17-7-2)11(12(14)15-5)9-8-10(3)4/h10-11,13H,6-9H2,1-5H3. The van der Waals surface area contributed by atoms with Crippen LogP contribution in [0.15, 0.2) is 0 Å². The Balaban J connectivity index is 4.53. The van der Waals surface area contributed by atoms with Gasteiger partial charge in [-0.3, -0.25) is 4.79 Å². The molecule has 0 saturated carbocycles. The number of carbonyl (C=O) groups is 1. The second-order valence-corrected chi connectivity index (χ2v) is 4.38. The summed E-state index contributed by atoms with van der Waals surface area (Å²) < 4.78 is 15.8. The molecule has 0 rings (SSSR count). The molecule has 1 unspecified atom stereocenters.